The van der Waals surface area contributed by atoms with Gasteiger partial charge in [-0.2, -0.15) is 5.10 Å². The summed E-state index contributed by atoms with van der Waals surface area (Å²) in [7, 11) is -2.45. The summed E-state index contributed by atoms with van der Waals surface area (Å²) in [4.78, 5) is 3.32. The van der Waals surface area contributed by atoms with E-state index in [4.69, 9.17) is 5.11 Å². The van der Waals surface area contributed by atoms with E-state index < -0.39 is 27.3 Å². The third-order valence-electron chi connectivity index (χ3n) is 2.61. The molecule has 114 valence electrons. The minimum absolute atomic E-state index is 0.110. The second kappa shape index (κ2) is 6.18. The van der Waals surface area contributed by atoms with Crippen LogP contribution < -0.4 is 4.72 Å². The van der Waals surface area contributed by atoms with E-state index in [-0.39, 0.29) is 17.9 Å². The first-order chi connectivity index (χ1) is 9.83. The summed E-state index contributed by atoms with van der Waals surface area (Å²) in [6.07, 6.45) is 1.42. The summed E-state index contributed by atoms with van der Waals surface area (Å²) in [5.74, 6) is -0.721. The molecule has 2 N–H and O–H groups in total. The van der Waals surface area contributed by atoms with Crippen LogP contribution in [0.25, 0.3) is 0 Å². The number of rotatable bonds is 5. The molecule has 0 unspecified atom stereocenters. The van der Waals surface area contributed by atoms with Gasteiger partial charge in [-0.1, -0.05) is 15.9 Å². The molecule has 1 heterocycles. The SMILES string of the molecule is Cn1cnc(CNS(=O)(=O)c2cc(Br)cc(CO)c2F)n1. The Labute approximate surface area is 129 Å². The van der Waals surface area contributed by atoms with Gasteiger partial charge in [-0.05, 0) is 12.1 Å². The Morgan fingerprint density at radius 3 is 2.76 bits per heavy atom. The number of aliphatic hydroxyl groups is 1. The Hall–Kier alpha value is -1.36. The van der Waals surface area contributed by atoms with E-state index in [0.717, 1.165) is 6.07 Å². The molecule has 10 heteroatoms. The zero-order valence-corrected chi connectivity index (χ0v) is 13.3. The highest BCUT2D eigenvalue weighted by atomic mass is 79.9. The third-order valence-corrected chi connectivity index (χ3v) is 4.46. The van der Waals surface area contributed by atoms with Crippen molar-refractivity contribution in [2.45, 2.75) is 18.0 Å². The normalized spacial score (nSPS) is 11.8. The van der Waals surface area contributed by atoms with Crippen molar-refractivity contribution in [3.63, 3.8) is 0 Å². The predicted molar refractivity (Wildman–Crippen MR) is 75.1 cm³/mol. The van der Waals surface area contributed by atoms with Crippen molar-refractivity contribution in [2.75, 3.05) is 0 Å². The lowest BCUT2D eigenvalue weighted by atomic mass is 10.2. The van der Waals surface area contributed by atoms with Gasteiger partial charge in [0.2, 0.25) is 10.0 Å². The number of hydrogen-bond donors (Lipinski definition) is 2. The third kappa shape index (κ3) is 3.64. The lowest BCUT2D eigenvalue weighted by Crippen LogP contribution is -2.25. The topological polar surface area (TPSA) is 97.1 Å². The number of sulfonamides is 1. The van der Waals surface area contributed by atoms with Crippen LogP contribution in [0.3, 0.4) is 0 Å². The number of nitrogens with zero attached hydrogens (tertiary/aromatic N) is 3. The maximum Gasteiger partial charge on any atom is 0.243 e. The molecule has 0 amide bonds. The van der Waals surface area contributed by atoms with Crippen molar-refractivity contribution < 1.29 is 17.9 Å². The summed E-state index contributed by atoms with van der Waals surface area (Å²) >= 11 is 3.08. The Morgan fingerprint density at radius 2 is 2.19 bits per heavy atom. The van der Waals surface area contributed by atoms with Crippen LogP contribution in [-0.4, -0.2) is 28.3 Å². The lowest BCUT2D eigenvalue weighted by Gasteiger charge is -2.09. The molecule has 0 spiro atoms. The second-order valence-electron chi connectivity index (χ2n) is 4.19. The number of hydrogen-bond acceptors (Lipinski definition) is 5. The lowest BCUT2D eigenvalue weighted by molar-refractivity contribution is 0.274. The maximum absolute atomic E-state index is 14.0. The summed E-state index contributed by atoms with van der Waals surface area (Å²) in [5.41, 5.74) is -0.110. The number of nitrogens with one attached hydrogen (secondary N) is 1. The summed E-state index contributed by atoms with van der Waals surface area (Å²) in [5, 5.41) is 13.0. The van der Waals surface area contributed by atoms with Crippen LogP contribution in [0.15, 0.2) is 27.8 Å². The van der Waals surface area contributed by atoms with Crippen molar-refractivity contribution in [1.82, 2.24) is 19.5 Å². The van der Waals surface area contributed by atoms with E-state index in [2.05, 4.69) is 30.7 Å². The van der Waals surface area contributed by atoms with Gasteiger partial charge in [0, 0.05) is 17.1 Å². The van der Waals surface area contributed by atoms with Gasteiger partial charge in [0.05, 0.1) is 13.2 Å². The quantitative estimate of drug-likeness (QED) is 0.797. The highest BCUT2D eigenvalue weighted by Gasteiger charge is 2.22. The molecule has 2 aromatic rings. The molecule has 0 aliphatic rings. The van der Waals surface area contributed by atoms with E-state index in [0.29, 0.717) is 4.47 Å². The fourth-order valence-electron chi connectivity index (χ4n) is 1.63. The summed E-state index contributed by atoms with van der Waals surface area (Å²) in [6, 6.07) is 2.44. The average molecular weight is 379 g/mol. The second-order valence-corrected chi connectivity index (χ2v) is 6.85. The first-order valence-electron chi connectivity index (χ1n) is 5.76. The van der Waals surface area contributed by atoms with E-state index >= 15 is 0 Å². The first kappa shape index (κ1) is 16.0. The molecule has 1 aromatic heterocycles. The molecule has 7 nitrogen and oxygen atoms in total. The Balaban J connectivity index is 2.29. The zero-order valence-electron chi connectivity index (χ0n) is 10.9. The van der Waals surface area contributed by atoms with Crippen LogP contribution >= 0.6 is 15.9 Å². The van der Waals surface area contributed by atoms with Gasteiger partial charge in [-0.25, -0.2) is 22.5 Å². The van der Waals surface area contributed by atoms with Crippen molar-refractivity contribution in [3.05, 3.63) is 40.1 Å². The molecular weight excluding hydrogens is 367 g/mol. The maximum atomic E-state index is 14.0. The van der Waals surface area contributed by atoms with Gasteiger partial charge in [-0.15, -0.1) is 0 Å². The van der Waals surface area contributed by atoms with Crippen molar-refractivity contribution in [2.24, 2.45) is 7.05 Å². The predicted octanol–water partition coefficient (Wildman–Crippen LogP) is 0.688. The van der Waals surface area contributed by atoms with Crippen molar-refractivity contribution in [3.8, 4) is 0 Å². The molecule has 0 fully saturated rings. The van der Waals surface area contributed by atoms with Gasteiger partial charge >= 0.3 is 0 Å². The Kier molecular flexibility index (Phi) is 4.71. The van der Waals surface area contributed by atoms with Gasteiger partial charge < -0.3 is 5.11 Å². The van der Waals surface area contributed by atoms with Crippen molar-refractivity contribution >= 4 is 26.0 Å². The van der Waals surface area contributed by atoms with E-state index in [1.165, 1.54) is 17.1 Å². The average Bonchev–Trinajstić information content (AvgIpc) is 2.84. The van der Waals surface area contributed by atoms with Crippen LogP contribution in [0.1, 0.15) is 11.4 Å². The van der Waals surface area contributed by atoms with Crippen molar-refractivity contribution in [1.29, 1.82) is 0 Å². The van der Waals surface area contributed by atoms with Gasteiger partial charge in [-0.3, -0.25) is 4.68 Å². The minimum Gasteiger partial charge on any atom is -0.392 e. The molecule has 0 aliphatic heterocycles. The largest absolute Gasteiger partial charge is 0.392 e. The Bertz CT molecular complexity index is 763. The standard InChI is InChI=1S/C11H12BrFN4O3S/c1-17-6-14-10(16-17)4-15-21(19,20)9-3-8(12)2-7(5-18)11(9)13/h2-3,6,15,18H,4-5H2,1H3. The monoisotopic (exact) mass is 378 g/mol. The molecule has 21 heavy (non-hydrogen) atoms. The van der Waals surface area contributed by atoms with Crippen LogP contribution in [0.4, 0.5) is 4.39 Å². The molecule has 0 saturated carbocycles. The molecule has 2 rings (SSSR count). The van der Waals surface area contributed by atoms with E-state index in [1.807, 2.05) is 0 Å². The number of halogens is 2. The van der Waals surface area contributed by atoms with Crippen LogP contribution in [0.5, 0.6) is 0 Å². The number of benzene rings is 1. The molecule has 0 radical (unpaired) electrons. The van der Waals surface area contributed by atoms with E-state index in [1.54, 1.807) is 7.05 Å². The van der Waals surface area contributed by atoms with Crippen LogP contribution in [0, 0.1) is 5.82 Å². The fraction of sp³-hybridized carbons (Fsp3) is 0.273. The molecule has 0 aliphatic carbocycles. The summed E-state index contributed by atoms with van der Waals surface area (Å²) in [6.45, 7) is -0.765. The van der Waals surface area contributed by atoms with Crippen LogP contribution in [-0.2, 0) is 30.2 Å². The number of aliphatic hydroxyl groups excluding tert-OH is 1. The molecule has 1 aromatic carbocycles. The molecule has 0 saturated heterocycles. The van der Waals surface area contributed by atoms with Gasteiger partial charge in [0.1, 0.15) is 17.0 Å². The smallest absolute Gasteiger partial charge is 0.243 e. The minimum atomic E-state index is -4.09. The molecular formula is C11H12BrFN4O3S. The molecule has 0 atom stereocenters. The number of aromatic nitrogens is 3. The Morgan fingerprint density at radius 1 is 1.48 bits per heavy atom. The van der Waals surface area contributed by atoms with Gasteiger partial charge in [0.15, 0.2) is 5.82 Å². The molecule has 0 bridgehead atoms. The highest BCUT2D eigenvalue weighted by molar-refractivity contribution is 9.10. The summed E-state index contributed by atoms with van der Waals surface area (Å²) < 4.78 is 42.3. The first-order valence-corrected chi connectivity index (χ1v) is 8.04. The van der Waals surface area contributed by atoms with Gasteiger partial charge in [0.25, 0.3) is 0 Å². The highest BCUT2D eigenvalue weighted by Crippen LogP contribution is 2.24. The van der Waals surface area contributed by atoms with E-state index in [9.17, 15) is 12.8 Å². The number of aryl methyl sites for hydroxylation is 1. The van der Waals surface area contributed by atoms with Crippen LogP contribution in [0.2, 0.25) is 0 Å². The fourth-order valence-corrected chi connectivity index (χ4v) is 3.41. The zero-order chi connectivity index (χ0) is 15.6.